The van der Waals surface area contributed by atoms with Crippen molar-refractivity contribution in [1.29, 1.82) is 5.26 Å². The van der Waals surface area contributed by atoms with Crippen LogP contribution < -0.4 is 5.32 Å². The number of hydrogen-bond acceptors (Lipinski definition) is 4. The number of anilines is 2. The van der Waals surface area contributed by atoms with Crippen LogP contribution in [0.4, 0.5) is 11.5 Å². The second kappa shape index (κ2) is 4.41. The van der Waals surface area contributed by atoms with E-state index < -0.39 is 0 Å². The normalized spacial score (nSPS) is 9.50. The highest BCUT2D eigenvalue weighted by Crippen LogP contribution is 2.14. The fourth-order valence-electron chi connectivity index (χ4n) is 1.35. The molecule has 0 spiro atoms. The molecule has 0 saturated heterocycles. The van der Waals surface area contributed by atoms with E-state index in [0.717, 1.165) is 5.69 Å². The van der Waals surface area contributed by atoms with Crippen LogP contribution in [0.1, 0.15) is 11.4 Å². The lowest BCUT2D eigenvalue weighted by molar-refractivity contribution is 1.11. The second-order valence-corrected chi connectivity index (χ2v) is 3.37. The van der Waals surface area contributed by atoms with Crippen LogP contribution in [0, 0.1) is 18.3 Å². The van der Waals surface area contributed by atoms with E-state index >= 15 is 0 Å². The Balaban J connectivity index is 2.24. The van der Waals surface area contributed by atoms with E-state index in [-0.39, 0.29) is 5.82 Å². The molecule has 0 amide bonds. The van der Waals surface area contributed by atoms with E-state index in [1.165, 1.54) is 5.56 Å². The molecule has 0 bridgehead atoms. The van der Waals surface area contributed by atoms with Gasteiger partial charge < -0.3 is 5.32 Å². The van der Waals surface area contributed by atoms with Crippen molar-refractivity contribution < 1.29 is 0 Å². The first kappa shape index (κ1) is 10.1. The van der Waals surface area contributed by atoms with Crippen LogP contribution >= 0.6 is 0 Å². The number of nitrogens with zero attached hydrogens (tertiary/aromatic N) is 3. The Morgan fingerprint density at radius 3 is 2.94 bits per heavy atom. The third-order valence-electron chi connectivity index (χ3n) is 2.05. The lowest BCUT2D eigenvalue weighted by atomic mass is 10.2. The van der Waals surface area contributed by atoms with E-state index in [1.54, 1.807) is 12.3 Å². The Hall–Kier alpha value is -2.41. The smallest absolute Gasteiger partial charge is 0.234 e. The molecule has 0 fully saturated rings. The van der Waals surface area contributed by atoms with Crippen LogP contribution in [-0.2, 0) is 0 Å². The van der Waals surface area contributed by atoms with E-state index in [0.29, 0.717) is 5.82 Å². The predicted octanol–water partition coefficient (Wildman–Crippen LogP) is 2.40. The van der Waals surface area contributed by atoms with Gasteiger partial charge in [0.2, 0.25) is 5.82 Å². The van der Waals surface area contributed by atoms with Gasteiger partial charge in [0.05, 0.1) is 0 Å². The standard InChI is InChI=1S/C12H10N4/c1-9-3-2-4-10(7-9)15-11-5-6-14-12(8-13)16-11/h2-7H,1H3,(H,14,15,16). The highest BCUT2D eigenvalue weighted by Gasteiger charge is 1.98. The van der Waals surface area contributed by atoms with Gasteiger partial charge in [-0.2, -0.15) is 5.26 Å². The molecule has 1 aromatic heterocycles. The fourth-order valence-corrected chi connectivity index (χ4v) is 1.35. The minimum Gasteiger partial charge on any atom is -0.340 e. The summed E-state index contributed by atoms with van der Waals surface area (Å²) in [5.74, 6) is 0.787. The topological polar surface area (TPSA) is 61.6 Å². The van der Waals surface area contributed by atoms with Crippen LogP contribution in [0.15, 0.2) is 36.5 Å². The van der Waals surface area contributed by atoms with Crippen molar-refractivity contribution in [1.82, 2.24) is 9.97 Å². The summed E-state index contributed by atoms with van der Waals surface area (Å²) in [5, 5.41) is 11.8. The molecule has 4 heteroatoms. The summed E-state index contributed by atoms with van der Waals surface area (Å²) >= 11 is 0. The molecule has 2 aromatic rings. The molecule has 16 heavy (non-hydrogen) atoms. The molecule has 0 radical (unpaired) electrons. The molecular formula is C12H10N4. The summed E-state index contributed by atoms with van der Waals surface area (Å²) in [4.78, 5) is 7.84. The van der Waals surface area contributed by atoms with Gasteiger partial charge in [-0.25, -0.2) is 9.97 Å². The first-order valence-electron chi connectivity index (χ1n) is 4.85. The van der Waals surface area contributed by atoms with Gasteiger partial charge in [-0.05, 0) is 30.7 Å². The minimum absolute atomic E-state index is 0.164. The summed E-state index contributed by atoms with van der Waals surface area (Å²) in [6.07, 6.45) is 1.56. The largest absolute Gasteiger partial charge is 0.340 e. The van der Waals surface area contributed by atoms with Gasteiger partial charge in [0, 0.05) is 11.9 Å². The number of rotatable bonds is 2. The number of aryl methyl sites for hydroxylation is 1. The van der Waals surface area contributed by atoms with E-state index in [4.69, 9.17) is 5.26 Å². The maximum atomic E-state index is 8.67. The number of aromatic nitrogens is 2. The molecule has 1 aromatic carbocycles. The number of nitriles is 1. The highest BCUT2D eigenvalue weighted by atomic mass is 15.0. The molecule has 0 saturated carbocycles. The summed E-state index contributed by atoms with van der Waals surface area (Å²) in [6, 6.07) is 11.6. The lowest BCUT2D eigenvalue weighted by Crippen LogP contribution is -1.96. The zero-order valence-corrected chi connectivity index (χ0v) is 8.81. The summed E-state index contributed by atoms with van der Waals surface area (Å²) < 4.78 is 0. The molecule has 2 rings (SSSR count). The Kier molecular flexibility index (Phi) is 2.79. The van der Waals surface area contributed by atoms with E-state index in [1.807, 2.05) is 37.3 Å². The Morgan fingerprint density at radius 1 is 1.31 bits per heavy atom. The zero-order valence-electron chi connectivity index (χ0n) is 8.81. The number of hydrogen-bond donors (Lipinski definition) is 1. The van der Waals surface area contributed by atoms with Gasteiger partial charge in [0.15, 0.2) is 0 Å². The average Bonchev–Trinajstić information content (AvgIpc) is 2.29. The van der Waals surface area contributed by atoms with Crippen LogP contribution in [0.5, 0.6) is 0 Å². The SMILES string of the molecule is Cc1cccc(Nc2ccnc(C#N)n2)c1. The van der Waals surface area contributed by atoms with Crippen molar-refractivity contribution in [2.45, 2.75) is 6.92 Å². The molecule has 0 atom stereocenters. The maximum absolute atomic E-state index is 8.67. The molecule has 0 aliphatic carbocycles. The summed E-state index contributed by atoms with van der Waals surface area (Å²) in [6.45, 7) is 2.02. The lowest BCUT2D eigenvalue weighted by Gasteiger charge is -2.05. The summed E-state index contributed by atoms with van der Waals surface area (Å²) in [7, 11) is 0. The first-order valence-corrected chi connectivity index (χ1v) is 4.85. The molecule has 4 nitrogen and oxygen atoms in total. The fraction of sp³-hybridized carbons (Fsp3) is 0.0833. The van der Waals surface area contributed by atoms with Crippen molar-refractivity contribution in [3.8, 4) is 6.07 Å². The average molecular weight is 210 g/mol. The van der Waals surface area contributed by atoms with Crippen LogP contribution in [0.25, 0.3) is 0 Å². The van der Waals surface area contributed by atoms with Crippen molar-refractivity contribution >= 4 is 11.5 Å². The Labute approximate surface area is 93.6 Å². The van der Waals surface area contributed by atoms with Crippen LogP contribution in [0.2, 0.25) is 0 Å². The molecular weight excluding hydrogens is 200 g/mol. The van der Waals surface area contributed by atoms with E-state index in [9.17, 15) is 0 Å². The maximum Gasteiger partial charge on any atom is 0.234 e. The van der Waals surface area contributed by atoms with Crippen molar-refractivity contribution in [3.63, 3.8) is 0 Å². The van der Waals surface area contributed by atoms with Gasteiger partial charge in [0.1, 0.15) is 11.9 Å². The third-order valence-corrected chi connectivity index (χ3v) is 2.05. The number of nitrogens with one attached hydrogen (secondary N) is 1. The van der Waals surface area contributed by atoms with Crippen molar-refractivity contribution in [2.24, 2.45) is 0 Å². The minimum atomic E-state index is 0.164. The van der Waals surface area contributed by atoms with Gasteiger partial charge in [0.25, 0.3) is 0 Å². The molecule has 78 valence electrons. The predicted molar refractivity (Wildman–Crippen MR) is 61.2 cm³/mol. The number of benzene rings is 1. The van der Waals surface area contributed by atoms with Crippen molar-refractivity contribution in [3.05, 3.63) is 47.9 Å². The second-order valence-electron chi connectivity index (χ2n) is 3.37. The monoisotopic (exact) mass is 210 g/mol. The quantitative estimate of drug-likeness (QED) is 0.826. The highest BCUT2D eigenvalue weighted by molar-refractivity contribution is 5.56. The molecule has 1 heterocycles. The van der Waals surface area contributed by atoms with Crippen molar-refractivity contribution in [2.75, 3.05) is 5.32 Å². The summed E-state index contributed by atoms with van der Waals surface area (Å²) in [5.41, 5.74) is 2.11. The molecule has 0 aliphatic rings. The molecule has 1 N–H and O–H groups in total. The van der Waals surface area contributed by atoms with Gasteiger partial charge in [-0.1, -0.05) is 12.1 Å². The van der Waals surface area contributed by atoms with Gasteiger partial charge in [-0.15, -0.1) is 0 Å². The van der Waals surface area contributed by atoms with Crippen LogP contribution in [0.3, 0.4) is 0 Å². The van der Waals surface area contributed by atoms with Gasteiger partial charge in [-0.3, -0.25) is 0 Å². The first-order chi connectivity index (χ1) is 7.78. The Morgan fingerprint density at radius 2 is 2.19 bits per heavy atom. The van der Waals surface area contributed by atoms with Crippen LogP contribution in [-0.4, -0.2) is 9.97 Å². The van der Waals surface area contributed by atoms with Gasteiger partial charge >= 0.3 is 0 Å². The zero-order chi connectivity index (χ0) is 11.4. The third kappa shape index (κ3) is 2.34. The van der Waals surface area contributed by atoms with E-state index in [2.05, 4.69) is 15.3 Å². The Bertz CT molecular complexity index is 543. The molecule has 0 aliphatic heterocycles. The molecule has 0 unspecified atom stereocenters.